The lowest BCUT2D eigenvalue weighted by molar-refractivity contribution is -0.128. The molecule has 0 radical (unpaired) electrons. The van der Waals surface area contributed by atoms with Crippen LogP contribution in [0.15, 0.2) is 12.3 Å². The maximum Gasteiger partial charge on any atom is 0.227 e. The number of pyridine rings is 1. The molecule has 1 aliphatic rings. The minimum Gasteiger partial charge on any atom is -0.359 e. The lowest BCUT2D eigenvalue weighted by atomic mass is 9.89. The summed E-state index contributed by atoms with van der Waals surface area (Å²) >= 11 is 0. The average Bonchev–Trinajstić information content (AvgIpc) is 2.81. The highest BCUT2D eigenvalue weighted by molar-refractivity contribution is 5.83. The highest BCUT2D eigenvalue weighted by Crippen LogP contribution is 2.34. The Morgan fingerprint density at radius 1 is 1.63 bits per heavy atom. The first kappa shape index (κ1) is 13.8. The Hall–Kier alpha value is -1.62. The first-order valence-electron chi connectivity index (χ1n) is 6.63. The maximum absolute atomic E-state index is 12.0. The van der Waals surface area contributed by atoms with E-state index in [0.717, 1.165) is 29.9 Å². The lowest BCUT2D eigenvalue weighted by Crippen LogP contribution is -2.39. The zero-order valence-electron chi connectivity index (χ0n) is 11.9. The van der Waals surface area contributed by atoms with Crippen molar-refractivity contribution in [3.63, 3.8) is 0 Å². The van der Waals surface area contributed by atoms with Gasteiger partial charge in [-0.3, -0.25) is 4.79 Å². The fraction of sp³-hybridized carbons (Fsp3) is 0.571. The molecule has 19 heavy (non-hydrogen) atoms. The number of carbonyl (C=O) groups excluding carboxylic acids is 1. The number of nitrogens with one attached hydrogen (secondary N) is 1. The van der Waals surface area contributed by atoms with Crippen LogP contribution >= 0.6 is 0 Å². The third kappa shape index (κ3) is 2.42. The third-order valence-electron chi connectivity index (χ3n) is 4.02. The second-order valence-corrected chi connectivity index (χ2v) is 5.45. The van der Waals surface area contributed by atoms with Crippen molar-refractivity contribution in [2.24, 2.45) is 11.1 Å². The van der Waals surface area contributed by atoms with Gasteiger partial charge in [0.2, 0.25) is 5.91 Å². The van der Waals surface area contributed by atoms with Crippen LogP contribution in [0, 0.1) is 12.3 Å². The summed E-state index contributed by atoms with van der Waals surface area (Å²) < 4.78 is 0. The maximum atomic E-state index is 12.0. The zero-order valence-corrected chi connectivity index (χ0v) is 11.9. The number of hydrogen-bond acceptors (Lipinski definition) is 4. The van der Waals surface area contributed by atoms with Gasteiger partial charge < -0.3 is 16.0 Å². The SMILES string of the molecule is CNC(=O)C1(C)CCN(c2nccc(C)c2CN)C1. The van der Waals surface area contributed by atoms with Gasteiger partial charge in [-0.05, 0) is 31.9 Å². The van der Waals surface area contributed by atoms with Crippen LogP contribution in [0.3, 0.4) is 0 Å². The highest BCUT2D eigenvalue weighted by Gasteiger charge is 2.40. The monoisotopic (exact) mass is 262 g/mol. The number of aryl methyl sites for hydroxylation is 1. The summed E-state index contributed by atoms with van der Waals surface area (Å²) in [5, 5.41) is 2.75. The number of nitrogens with zero attached hydrogens (tertiary/aromatic N) is 2. The summed E-state index contributed by atoms with van der Waals surface area (Å²) in [4.78, 5) is 18.6. The van der Waals surface area contributed by atoms with E-state index in [0.29, 0.717) is 13.1 Å². The highest BCUT2D eigenvalue weighted by atomic mass is 16.2. The molecule has 0 saturated carbocycles. The van der Waals surface area contributed by atoms with Crippen molar-refractivity contribution in [1.82, 2.24) is 10.3 Å². The Kier molecular flexibility index (Phi) is 3.75. The number of anilines is 1. The molecule has 0 spiro atoms. The minimum absolute atomic E-state index is 0.0944. The van der Waals surface area contributed by atoms with Gasteiger partial charge in [-0.25, -0.2) is 4.98 Å². The van der Waals surface area contributed by atoms with E-state index >= 15 is 0 Å². The van der Waals surface area contributed by atoms with Gasteiger partial charge in [0.15, 0.2) is 0 Å². The van der Waals surface area contributed by atoms with Gasteiger partial charge in [0.1, 0.15) is 5.82 Å². The molecule has 1 amide bonds. The first-order valence-corrected chi connectivity index (χ1v) is 6.63. The van der Waals surface area contributed by atoms with E-state index in [1.165, 1.54) is 0 Å². The number of carbonyl (C=O) groups is 1. The van der Waals surface area contributed by atoms with Crippen molar-refractivity contribution in [2.75, 3.05) is 25.0 Å². The van der Waals surface area contributed by atoms with Crippen LogP contribution in [0.25, 0.3) is 0 Å². The van der Waals surface area contributed by atoms with E-state index in [1.807, 2.05) is 19.9 Å². The quantitative estimate of drug-likeness (QED) is 0.845. The summed E-state index contributed by atoms with van der Waals surface area (Å²) in [5.74, 6) is 1.02. The molecular weight excluding hydrogens is 240 g/mol. The van der Waals surface area contributed by atoms with E-state index in [1.54, 1.807) is 13.2 Å². The van der Waals surface area contributed by atoms with E-state index in [2.05, 4.69) is 15.2 Å². The van der Waals surface area contributed by atoms with Gasteiger partial charge in [0.25, 0.3) is 0 Å². The number of hydrogen-bond donors (Lipinski definition) is 2. The number of amides is 1. The minimum atomic E-state index is -0.341. The lowest BCUT2D eigenvalue weighted by Gasteiger charge is -2.25. The first-order chi connectivity index (χ1) is 9.01. The Labute approximate surface area is 114 Å². The van der Waals surface area contributed by atoms with E-state index in [9.17, 15) is 4.79 Å². The third-order valence-corrected chi connectivity index (χ3v) is 4.02. The molecule has 5 nitrogen and oxygen atoms in total. The molecule has 1 aliphatic heterocycles. The Balaban J connectivity index is 2.27. The molecular formula is C14H22N4O. The van der Waals surface area contributed by atoms with E-state index < -0.39 is 0 Å². The van der Waals surface area contributed by atoms with Gasteiger partial charge in [-0.1, -0.05) is 0 Å². The summed E-state index contributed by atoms with van der Waals surface area (Å²) in [6, 6.07) is 1.97. The molecule has 1 saturated heterocycles. The van der Waals surface area contributed by atoms with Crippen LogP contribution in [0.2, 0.25) is 0 Å². The van der Waals surface area contributed by atoms with Crippen molar-refractivity contribution in [1.29, 1.82) is 0 Å². The second kappa shape index (κ2) is 5.17. The molecule has 1 unspecified atom stereocenters. The van der Waals surface area contributed by atoms with Gasteiger partial charge >= 0.3 is 0 Å². The molecule has 1 aromatic rings. The summed E-state index contributed by atoms with van der Waals surface area (Å²) in [7, 11) is 1.69. The summed E-state index contributed by atoms with van der Waals surface area (Å²) in [6.45, 7) is 6.05. The second-order valence-electron chi connectivity index (χ2n) is 5.45. The van der Waals surface area contributed by atoms with Gasteiger partial charge in [-0.2, -0.15) is 0 Å². The predicted octanol–water partition coefficient (Wildman–Crippen LogP) is 0.811. The Bertz CT molecular complexity index is 488. The normalized spacial score (nSPS) is 22.6. The van der Waals surface area contributed by atoms with Crippen molar-refractivity contribution in [3.8, 4) is 0 Å². The average molecular weight is 262 g/mol. The predicted molar refractivity (Wildman–Crippen MR) is 75.9 cm³/mol. The number of aromatic nitrogens is 1. The molecule has 1 fully saturated rings. The van der Waals surface area contributed by atoms with Crippen LogP contribution in [0.5, 0.6) is 0 Å². The molecule has 0 aliphatic carbocycles. The molecule has 3 N–H and O–H groups in total. The standard InChI is InChI=1S/C14H22N4O/c1-10-4-6-17-12(11(10)8-15)18-7-5-14(2,9-18)13(19)16-3/h4,6H,5,7-9,15H2,1-3H3,(H,16,19). The van der Waals surface area contributed by atoms with Crippen LogP contribution in [0.1, 0.15) is 24.5 Å². The van der Waals surface area contributed by atoms with E-state index in [-0.39, 0.29) is 11.3 Å². The molecule has 2 rings (SSSR count). The van der Waals surface area contributed by atoms with Crippen LogP contribution in [0.4, 0.5) is 5.82 Å². The van der Waals surface area contributed by atoms with Gasteiger partial charge in [0, 0.05) is 38.4 Å². The fourth-order valence-electron chi connectivity index (χ4n) is 2.73. The van der Waals surface area contributed by atoms with Crippen LogP contribution in [-0.4, -0.2) is 31.0 Å². The van der Waals surface area contributed by atoms with Crippen molar-refractivity contribution in [2.45, 2.75) is 26.8 Å². The number of nitrogens with two attached hydrogens (primary N) is 1. The molecule has 1 atom stereocenters. The van der Waals surface area contributed by atoms with Crippen molar-refractivity contribution < 1.29 is 4.79 Å². The molecule has 0 aromatic carbocycles. The zero-order chi connectivity index (χ0) is 14.0. The fourth-order valence-corrected chi connectivity index (χ4v) is 2.73. The summed E-state index contributed by atoms with van der Waals surface area (Å²) in [5.41, 5.74) is 7.71. The molecule has 104 valence electrons. The largest absolute Gasteiger partial charge is 0.359 e. The summed E-state index contributed by atoms with van der Waals surface area (Å²) in [6.07, 6.45) is 2.64. The number of rotatable bonds is 3. The molecule has 2 heterocycles. The Morgan fingerprint density at radius 2 is 2.37 bits per heavy atom. The molecule has 0 bridgehead atoms. The van der Waals surface area contributed by atoms with Crippen LogP contribution in [-0.2, 0) is 11.3 Å². The van der Waals surface area contributed by atoms with Crippen molar-refractivity contribution in [3.05, 3.63) is 23.4 Å². The smallest absolute Gasteiger partial charge is 0.227 e. The van der Waals surface area contributed by atoms with Crippen molar-refractivity contribution >= 4 is 11.7 Å². The topological polar surface area (TPSA) is 71.2 Å². The van der Waals surface area contributed by atoms with Gasteiger partial charge in [0.05, 0.1) is 5.41 Å². The van der Waals surface area contributed by atoms with Crippen LogP contribution < -0.4 is 16.0 Å². The van der Waals surface area contributed by atoms with Gasteiger partial charge in [-0.15, -0.1) is 0 Å². The Morgan fingerprint density at radius 3 is 3.00 bits per heavy atom. The van der Waals surface area contributed by atoms with E-state index in [4.69, 9.17) is 5.73 Å². The molecule has 1 aromatic heterocycles. The molecule has 5 heteroatoms.